The maximum Gasteiger partial charge on any atom is 0.446 e. The van der Waals surface area contributed by atoms with Crippen molar-refractivity contribution in [1.29, 1.82) is 0 Å². The van der Waals surface area contributed by atoms with Crippen molar-refractivity contribution >= 4 is 11.8 Å². The Labute approximate surface area is 108 Å². The number of benzene rings is 1. The van der Waals surface area contributed by atoms with Gasteiger partial charge in [0.2, 0.25) is 0 Å². The van der Waals surface area contributed by atoms with Gasteiger partial charge in [-0.05, 0) is 42.3 Å². The van der Waals surface area contributed by atoms with Gasteiger partial charge in [0, 0.05) is 17.5 Å². The molecule has 0 fully saturated rings. The highest BCUT2D eigenvalue weighted by Crippen LogP contribution is 2.36. The minimum Gasteiger partial charge on any atom is -0.309 e. The summed E-state index contributed by atoms with van der Waals surface area (Å²) >= 11 is -0.0776. The lowest BCUT2D eigenvalue weighted by Gasteiger charge is -2.12. The molecule has 5 heteroatoms. The Morgan fingerprint density at radius 3 is 2.28 bits per heavy atom. The molecule has 98 valence electrons. The Balaban J connectivity index is 1.83. The molecule has 1 N–H and O–H groups in total. The van der Waals surface area contributed by atoms with E-state index in [1.807, 2.05) is 0 Å². The molecule has 0 spiro atoms. The second-order valence-electron chi connectivity index (χ2n) is 4.21. The molecule has 1 nitrogen and oxygen atoms in total. The van der Waals surface area contributed by atoms with Crippen molar-refractivity contribution in [2.24, 2.45) is 0 Å². The first-order chi connectivity index (χ1) is 8.53. The molecular formula is C13H14F3NS. The zero-order chi connectivity index (χ0) is 13.0. The van der Waals surface area contributed by atoms with Gasteiger partial charge in [-0.3, -0.25) is 0 Å². The number of alkyl halides is 3. The zero-order valence-electron chi connectivity index (χ0n) is 9.70. The van der Waals surface area contributed by atoms with Crippen LogP contribution in [-0.2, 0) is 6.54 Å². The molecule has 2 rings (SSSR count). The van der Waals surface area contributed by atoms with Crippen molar-refractivity contribution in [2.75, 3.05) is 0 Å². The smallest absolute Gasteiger partial charge is 0.309 e. The lowest BCUT2D eigenvalue weighted by molar-refractivity contribution is -0.0328. The third-order valence-corrected chi connectivity index (χ3v) is 3.50. The van der Waals surface area contributed by atoms with Gasteiger partial charge < -0.3 is 5.32 Å². The van der Waals surface area contributed by atoms with Crippen LogP contribution in [-0.4, -0.2) is 11.6 Å². The van der Waals surface area contributed by atoms with Gasteiger partial charge in [0.05, 0.1) is 0 Å². The summed E-state index contributed by atoms with van der Waals surface area (Å²) in [6.07, 6.45) is 6.34. The largest absolute Gasteiger partial charge is 0.446 e. The van der Waals surface area contributed by atoms with Crippen LogP contribution in [0.3, 0.4) is 0 Å². The van der Waals surface area contributed by atoms with Crippen molar-refractivity contribution in [3.8, 4) is 0 Å². The summed E-state index contributed by atoms with van der Waals surface area (Å²) in [5.74, 6) is 0. The second kappa shape index (κ2) is 5.80. The number of thioether (sulfide) groups is 1. The third-order valence-electron chi connectivity index (χ3n) is 2.76. The van der Waals surface area contributed by atoms with Crippen molar-refractivity contribution < 1.29 is 13.2 Å². The molecule has 0 radical (unpaired) electrons. The Bertz CT molecular complexity index is 403. The topological polar surface area (TPSA) is 12.0 Å². The van der Waals surface area contributed by atoms with Crippen LogP contribution in [0.2, 0.25) is 0 Å². The first-order valence-corrected chi connectivity index (χ1v) is 6.58. The number of hydrogen-bond donors (Lipinski definition) is 1. The van der Waals surface area contributed by atoms with Gasteiger partial charge >= 0.3 is 5.51 Å². The third kappa shape index (κ3) is 4.38. The summed E-state index contributed by atoms with van der Waals surface area (Å²) < 4.78 is 36.4. The Morgan fingerprint density at radius 1 is 1.11 bits per heavy atom. The highest BCUT2D eigenvalue weighted by atomic mass is 32.2. The molecule has 1 aliphatic carbocycles. The number of hydrogen-bond acceptors (Lipinski definition) is 2. The summed E-state index contributed by atoms with van der Waals surface area (Å²) in [5, 5.41) is 3.37. The fourth-order valence-electron chi connectivity index (χ4n) is 1.86. The van der Waals surface area contributed by atoms with Crippen molar-refractivity contribution in [1.82, 2.24) is 5.32 Å². The number of nitrogens with one attached hydrogen (secondary N) is 1. The Morgan fingerprint density at radius 2 is 1.72 bits per heavy atom. The molecule has 0 heterocycles. The molecule has 0 saturated carbocycles. The van der Waals surface area contributed by atoms with Gasteiger partial charge in [-0.1, -0.05) is 24.3 Å². The monoisotopic (exact) mass is 273 g/mol. The lowest BCUT2D eigenvalue weighted by Crippen LogP contribution is -2.25. The van der Waals surface area contributed by atoms with E-state index in [9.17, 15) is 13.2 Å². The SMILES string of the molecule is FC(F)(F)Sc1ccc(CNC2CC=CC2)cc1. The normalized spacial score (nSPS) is 16.4. The molecule has 0 bridgehead atoms. The van der Waals surface area contributed by atoms with Crippen molar-refractivity contribution in [3.63, 3.8) is 0 Å². The minimum absolute atomic E-state index is 0.0776. The van der Waals surface area contributed by atoms with Gasteiger partial charge in [-0.25, -0.2) is 0 Å². The van der Waals surface area contributed by atoms with Gasteiger partial charge in [0.15, 0.2) is 0 Å². The Kier molecular flexibility index (Phi) is 4.35. The van der Waals surface area contributed by atoms with Gasteiger partial charge in [-0.15, -0.1) is 0 Å². The molecule has 0 unspecified atom stereocenters. The van der Waals surface area contributed by atoms with E-state index < -0.39 is 5.51 Å². The first-order valence-electron chi connectivity index (χ1n) is 5.76. The molecule has 1 aromatic rings. The van der Waals surface area contributed by atoms with E-state index in [1.165, 1.54) is 12.1 Å². The zero-order valence-corrected chi connectivity index (χ0v) is 10.5. The van der Waals surface area contributed by atoms with E-state index in [0.29, 0.717) is 12.6 Å². The number of rotatable bonds is 4. The fourth-order valence-corrected chi connectivity index (χ4v) is 2.39. The summed E-state index contributed by atoms with van der Waals surface area (Å²) in [5.41, 5.74) is -3.21. The molecule has 0 aromatic heterocycles. The highest BCUT2D eigenvalue weighted by Gasteiger charge is 2.28. The van der Waals surface area contributed by atoms with Crippen LogP contribution in [0, 0.1) is 0 Å². The van der Waals surface area contributed by atoms with E-state index in [1.54, 1.807) is 12.1 Å². The molecule has 0 saturated heterocycles. The van der Waals surface area contributed by atoms with Crippen LogP contribution in [0.15, 0.2) is 41.3 Å². The standard InChI is InChI=1S/C13H14F3NS/c14-13(15,16)18-12-7-5-10(6-8-12)9-17-11-3-1-2-4-11/h1-2,5-8,11,17H,3-4,9H2. The maximum atomic E-state index is 12.1. The van der Waals surface area contributed by atoms with Crippen LogP contribution >= 0.6 is 11.8 Å². The maximum absolute atomic E-state index is 12.1. The molecule has 1 aromatic carbocycles. The minimum atomic E-state index is -4.21. The van der Waals surface area contributed by atoms with E-state index in [-0.39, 0.29) is 16.7 Å². The molecule has 0 amide bonds. The fraction of sp³-hybridized carbons (Fsp3) is 0.385. The van der Waals surface area contributed by atoms with Crippen LogP contribution in [0.4, 0.5) is 13.2 Å². The van der Waals surface area contributed by atoms with E-state index in [2.05, 4.69) is 17.5 Å². The molecule has 0 atom stereocenters. The molecule has 18 heavy (non-hydrogen) atoms. The average Bonchev–Trinajstić information content (AvgIpc) is 2.79. The van der Waals surface area contributed by atoms with Crippen LogP contribution < -0.4 is 5.32 Å². The Hall–Kier alpha value is -0.940. The van der Waals surface area contributed by atoms with E-state index in [0.717, 1.165) is 18.4 Å². The van der Waals surface area contributed by atoms with Gasteiger partial charge in [0.25, 0.3) is 0 Å². The van der Waals surface area contributed by atoms with Crippen LogP contribution in [0.1, 0.15) is 18.4 Å². The lowest BCUT2D eigenvalue weighted by atomic mass is 10.2. The molecular weight excluding hydrogens is 259 g/mol. The van der Waals surface area contributed by atoms with Crippen LogP contribution in [0.5, 0.6) is 0 Å². The summed E-state index contributed by atoms with van der Waals surface area (Å²) in [4.78, 5) is 0.230. The second-order valence-corrected chi connectivity index (χ2v) is 5.35. The quantitative estimate of drug-likeness (QED) is 0.654. The predicted molar refractivity (Wildman–Crippen MR) is 67.4 cm³/mol. The molecule has 1 aliphatic rings. The summed E-state index contributed by atoms with van der Waals surface area (Å²) in [6.45, 7) is 0.698. The summed E-state index contributed by atoms with van der Waals surface area (Å²) in [7, 11) is 0. The molecule has 0 aliphatic heterocycles. The van der Waals surface area contributed by atoms with Gasteiger partial charge in [0.1, 0.15) is 0 Å². The van der Waals surface area contributed by atoms with Crippen molar-refractivity contribution in [2.45, 2.75) is 35.8 Å². The van der Waals surface area contributed by atoms with Crippen molar-refractivity contribution in [3.05, 3.63) is 42.0 Å². The number of halogens is 3. The van der Waals surface area contributed by atoms with E-state index >= 15 is 0 Å². The summed E-state index contributed by atoms with van der Waals surface area (Å²) in [6, 6.07) is 6.98. The first kappa shape index (κ1) is 13.5. The predicted octanol–water partition coefficient (Wildman–Crippen LogP) is 4.11. The average molecular weight is 273 g/mol. The van der Waals surface area contributed by atoms with Gasteiger partial charge in [-0.2, -0.15) is 13.2 Å². The highest BCUT2D eigenvalue weighted by molar-refractivity contribution is 8.00. The van der Waals surface area contributed by atoms with E-state index in [4.69, 9.17) is 0 Å². The van der Waals surface area contributed by atoms with Crippen LogP contribution in [0.25, 0.3) is 0 Å².